The highest BCUT2D eigenvalue weighted by atomic mass is 16.5. The van der Waals surface area contributed by atoms with Gasteiger partial charge >= 0.3 is 0 Å². The van der Waals surface area contributed by atoms with E-state index in [0.717, 1.165) is 5.56 Å². The molecule has 1 aliphatic rings. The Bertz CT molecular complexity index is 583. The third kappa shape index (κ3) is 2.98. The molecule has 1 saturated heterocycles. The van der Waals surface area contributed by atoms with E-state index in [-0.39, 0.29) is 24.9 Å². The highest BCUT2D eigenvalue weighted by Gasteiger charge is 2.28. The molecule has 1 fully saturated rings. The van der Waals surface area contributed by atoms with Gasteiger partial charge < -0.3 is 10.5 Å². The van der Waals surface area contributed by atoms with Gasteiger partial charge in [-0.2, -0.15) is 0 Å². The zero-order valence-electron chi connectivity index (χ0n) is 11.3. The molecule has 0 spiro atoms. The van der Waals surface area contributed by atoms with Crippen LogP contribution in [0.4, 0.5) is 0 Å². The molecule has 1 heterocycles. The molecular weight excluding hydrogens is 256 g/mol. The molecule has 2 rings (SSSR count). The van der Waals surface area contributed by atoms with Crippen molar-refractivity contribution in [1.82, 2.24) is 4.90 Å². The number of amides is 2. The van der Waals surface area contributed by atoms with Crippen LogP contribution in [0.1, 0.15) is 24.0 Å². The molecule has 0 saturated carbocycles. The van der Waals surface area contributed by atoms with Gasteiger partial charge in [0.15, 0.2) is 0 Å². The number of hydrogen-bond donors (Lipinski definition) is 1. The lowest BCUT2D eigenvalue weighted by Gasteiger charge is -2.14. The fraction of sp³-hybridized carbons (Fsp3) is 0.333. The highest BCUT2D eigenvalue weighted by molar-refractivity contribution is 6.01. The zero-order chi connectivity index (χ0) is 14.5. The molecule has 5 heteroatoms. The Morgan fingerprint density at radius 1 is 1.30 bits per heavy atom. The summed E-state index contributed by atoms with van der Waals surface area (Å²) < 4.78 is 5.22. The van der Waals surface area contributed by atoms with Crippen molar-refractivity contribution in [2.45, 2.75) is 19.4 Å². The lowest BCUT2D eigenvalue weighted by Crippen LogP contribution is -2.28. The number of nitrogens with two attached hydrogens (primary N) is 1. The van der Waals surface area contributed by atoms with E-state index in [1.54, 1.807) is 13.2 Å². The van der Waals surface area contributed by atoms with Gasteiger partial charge in [-0.15, -0.1) is 0 Å². The Morgan fingerprint density at radius 2 is 2.00 bits per heavy atom. The van der Waals surface area contributed by atoms with E-state index >= 15 is 0 Å². The average Bonchev–Trinajstić information content (AvgIpc) is 2.77. The summed E-state index contributed by atoms with van der Waals surface area (Å²) in [5.74, 6) is 6.09. The first-order valence-electron chi connectivity index (χ1n) is 6.34. The maximum Gasteiger partial charge on any atom is 0.229 e. The van der Waals surface area contributed by atoms with Crippen LogP contribution in [-0.4, -0.2) is 30.4 Å². The summed E-state index contributed by atoms with van der Waals surface area (Å²) in [6.45, 7) is 0.537. The van der Waals surface area contributed by atoms with Crippen LogP contribution in [0, 0.1) is 11.8 Å². The van der Waals surface area contributed by atoms with E-state index in [1.807, 2.05) is 12.1 Å². The van der Waals surface area contributed by atoms with Crippen LogP contribution in [0.2, 0.25) is 0 Å². The third-order valence-corrected chi connectivity index (χ3v) is 3.08. The maximum absolute atomic E-state index is 11.6. The summed E-state index contributed by atoms with van der Waals surface area (Å²) in [5.41, 5.74) is 6.91. The summed E-state index contributed by atoms with van der Waals surface area (Å²) in [5, 5.41) is 0. The molecule has 1 aromatic rings. The molecule has 0 unspecified atom stereocenters. The molecule has 1 aromatic carbocycles. The highest BCUT2D eigenvalue weighted by Crippen LogP contribution is 2.22. The number of imide groups is 1. The zero-order valence-corrected chi connectivity index (χ0v) is 11.3. The van der Waals surface area contributed by atoms with Crippen LogP contribution in [0.3, 0.4) is 0 Å². The van der Waals surface area contributed by atoms with Gasteiger partial charge in [-0.1, -0.05) is 17.9 Å². The molecule has 0 aliphatic carbocycles. The molecule has 5 nitrogen and oxygen atoms in total. The van der Waals surface area contributed by atoms with Crippen LogP contribution < -0.4 is 10.5 Å². The Morgan fingerprint density at radius 3 is 2.60 bits per heavy atom. The summed E-state index contributed by atoms with van der Waals surface area (Å²) >= 11 is 0. The molecule has 0 bridgehead atoms. The number of rotatable bonds is 3. The largest absolute Gasteiger partial charge is 0.495 e. The molecular formula is C15H16N2O3. The quantitative estimate of drug-likeness (QED) is 0.648. The normalized spacial score (nSPS) is 14.2. The lowest BCUT2D eigenvalue weighted by molar-refractivity contribution is -0.139. The van der Waals surface area contributed by atoms with Crippen LogP contribution >= 0.6 is 0 Å². The number of carbonyl (C=O) groups excluding carboxylic acids is 2. The van der Waals surface area contributed by atoms with E-state index in [1.165, 1.54) is 4.90 Å². The fourth-order valence-electron chi connectivity index (χ4n) is 2.08. The topological polar surface area (TPSA) is 72.6 Å². The van der Waals surface area contributed by atoms with Crippen LogP contribution in [0.5, 0.6) is 5.75 Å². The van der Waals surface area contributed by atoms with E-state index < -0.39 is 0 Å². The number of nitrogens with zero attached hydrogens (tertiary/aromatic N) is 1. The SMILES string of the molecule is COc1ccc(CN2C(=O)CCC2=O)cc1C#CCN. The second kappa shape index (κ2) is 6.22. The second-order valence-electron chi connectivity index (χ2n) is 4.41. The first kappa shape index (κ1) is 14.1. The molecule has 2 amide bonds. The van der Waals surface area contributed by atoms with Gasteiger partial charge in [0.05, 0.1) is 25.8 Å². The molecule has 104 valence electrons. The van der Waals surface area contributed by atoms with Crippen molar-refractivity contribution < 1.29 is 14.3 Å². The Kier molecular flexibility index (Phi) is 4.38. The number of hydrogen-bond acceptors (Lipinski definition) is 4. The molecule has 20 heavy (non-hydrogen) atoms. The van der Waals surface area contributed by atoms with Gasteiger partial charge in [0.25, 0.3) is 0 Å². The summed E-state index contributed by atoms with van der Waals surface area (Å²) in [6.07, 6.45) is 0.601. The van der Waals surface area contributed by atoms with Crippen molar-refractivity contribution in [3.8, 4) is 17.6 Å². The van der Waals surface area contributed by atoms with Gasteiger partial charge in [0.2, 0.25) is 11.8 Å². The van der Waals surface area contributed by atoms with Crippen molar-refractivity contribution in [3.63, 3.8) is 0 Å². The summed E-state index contributed by atoms with van der Waals surface area (Å²) in [7, 11) is 1.57. The van der Waals surface area contributed by atoms with Gasteiger partial charge in [-0.25, -0.2) is 0 Å². The lowest BCUT2D eigenvalue weighted by atomic mass is 10.1. The van der Waals surface area contributed by atoms with Crippen molar-refractivity contribution in [2.75, 3.05) is 13.7 Å². The Balaban J connectivity index is 2.24. The van der Waals surface area contributed by atoms with Crippen LogP contribution in [0.15, 0.2) is 18.2 Å². The standard InChI is InChI=1S/C15H16N2O3/c1-20-13-5-4-11(9-12(13)3-2-8-16)10-17-14(18)6-7-15(17)19/h4-5,9H,6-8,10,16H2,1H3. The van der Waals surface area contributed by atoms with E-state index in [9.17, 15) is 9.59 Å². The molecule has 1 aliphatic heterocycles. The van der Waals surface area contributed by atoms with E-state index in [4.69, 9.17) is 10.5 Å². The number of benzene rings is 1. The minimum atomic E-state index is -0.125. The first-order chi connectivity index (χ1) is 9.65. The minimum Gasteiger partial charge on any atom is -0.495 e. The Labute approximate surface area is 117 Å². The smallest absolute Gasteiger partial charge is 0.229 e. The number of ether oxygens (including phenoxy) is 1. The minimum absolute atomic E-state index is 0.125. The molecule has 0 aromatic heterocycles. The van der Waals surface area contributed by atoms with Crippen LogP contribution in [0.25, 0.3) is 0 Å². The third-order valence-electron chi connectivity index (χ3n) is 3.08. The van der Waals surface area contributed by atoms with Gasteiger partial charge in [-0.3, -0.25) is 14.5 Å². The van der Waals surface area contributed by atoms with Crippen molar-refractivity contribution in [2.24, 2.45) is 5.73 Å². The van der Waals surface area contributed by atoms with E-state index in [2.05, 4.69) is 11.8 Å². The van der Waals surface area contributed by atoms with Gasteiger partial charge in [-0.05, 0) is 17.7 Å². The average molecular weight is 272 g/mol. The number of carbonyl (C=O) groups is 2. The fourth-order valence-corrected chi connectivity index (χ4v) is 2.08. The van der Waals surface area contributed by atoms with Gasteiger partial charge in [0, 0.05) is 12.8 Å². The predicted molar refractivity (Wildman–Crippen MR) is 73.7 cm³/mol. The van der Waals surface area contributed by atoms with Gasteiger partial charge in [0.1, 0.15) is 5.75 Å². The van der Waals surface area contributed by atoms with E-state index in [0.29, 0.717) is 24.2 Å². The molecule has 0 atom stereocenters. The summed E-state index contributed by atoms with van der Waals surface area (Å²) in [4.78, 5) is 24.5. The monoisotopic (exact) mass is 272 g/mol. The van der Waals surface area contributed by atoms with Crippen molar-refractivity contribution >= 4 is 11.8 Å². The second-order valence-corrected chi connectivity index (χ2v) is 4.41. The maximum atomic E-state index is 11.6. The first-order valence-corrected chi connectivity index (χ1v) is 6.34. The van der Waals surface area contributed by atoms with Crippen molar-refractivity contribution in [1.29, 1.82) is 0 Å². The van der Waals surface area contributed by atoms with Crippen molar-refractivity contribution in [3.05, 3.63) is 29.3 Å². The van der Waals surface area contributed by atoms with Crippen LogP contribution in [-0.2, 0) is 16.1 Å². The predicted octanol–water partition coefficient (Wildman–Crippen LogP) is 0.654. The Hall–Kier alpha value is -2.32. The molecule has 0 radical (unpaired) electrons. The number of methoxy groups -OCH3 is 1. The molecule has 2 N–H and O–H groups in total. The number of likely N-dealkylation sites (tertiary alicyclic amines) is 1. The summed E-state index contributed by atoms with van der Waals surface area (Å²) in [6, 6.07) is 5.42.